The molecule has 1 amide bonds. The van der Waals surface area contributed by atoms with Gasteiger partial charge in [0.05, 0.1) is 0 Å². The predicted molar refractivity (Wildman–Crippen MR) is 131 cm³/mol. The van der Waals surface area contributed by atoms with Crippen molar-refractivity contribution >= 4 is 23.2 Å². The fourth-order valence-corrected chi connectivity index (χ4v) is 5.48. The van der Waals surface area contributed by atoms with E-state index in [9.17, 15) is 4.79 Å². The molecule has 2 aliphatic rings. The minimum atomic E-state index is -0.0383. The Balaban J connectivity index is 1.21. The lowest BCUT2D eigenvalue weighted by Gasteiger charge is -2.37. The Labute approximate surface area is 196 Å². The van der Waals surface area contributed by atoms with Crippen molar-refractivity contribution in [2.45, 2.75) is 58.9 Å². The molecule has 7 heteroatoms. The maximum absolute atomic E-state index is 12.7. The number of rotatable bonds is 7. The quantitative estimate of drug-likeness (QED) is 0.621. The number of hydrogen-bond donors (Lipinski definition) is 1. The molecule has 1 aromatic heterocycles. The van der Waals surface area contributed by atoms with Crippen molar-refractivity contribution in [2.24, 2.45) is 0 Å². The van der Waals surface area contributed by atoms with E-state index in [-0.39, 0.29) is 5.91 Å². The molecule has 2 aromatic rings. The Kier molecular flexibility index (Phi) is 7.41. The van der Waals surface area contributed by atoms with Crippen molar-refractivity contribution in [2.75, 3.05) is 44.2 Å². The van der Waals surface area contributed by atoms with Gasteiger partial charge >= 0.3 is 0 Å². The van der Waals surface area contributed by atoms with Gasteiger partial charge in [0.25, 0.3) is 5.91 Å². The molecule has 1 aromatic carbocycles. The Bertz CT molecular complexity index is 942. The van der Waals surface area contributed by atoms with Crippen molar-refractivity contribution < 1.29 is 4.79 Å². The fourth-order valence-electron chi connectivity index (χ4n) is 5.31. The highest BCUT2D eigenvalue weighted by Crippen LogP contribution is 2.32. The number of imidazole rings is 1. The SMILES string of the molecule is Cc1c(Cl)cccc1N1CCN(CCCNC(=O)c2nc(C)n(C3CCCC3)c2C)CC1. The zero-order valence-electron chi connectivity index (χ0n) is 19.7. The molecule has 1 saturated carbocycles. The van der Waals surface area contributed by atoms with Crippen LogP contribution >= 0.6 is 11.6 Å². The molecule has 174 valence electrons. The average Bonchev–Trinajstić information content (AvgIpc) is 3.41. The van der Waals surface area contributed by atoms with Crippen molar-refractivity contribution in [1.82, 2.24) is 19.8 Å². The third kappa shape index (κ3) is 4.96. The summed E-state index contributed by atoms with van der Waals surface area (Å²) in [7, 11) is 0. The van der Waals surface area contributed by atoms with Gasteiger partial charge in [-0.1, -0.05) is 30.5 Å². The molecule has 0 unspecified atom stereocenters. The first-order chi connectivity index (χ1) is 15.5. The summed E-state index contributed by atoms with van der Waals surface area (Å²) in [5.74, 6) is 0.927. The number of hydrogen-bond acceptors (Lipinski definition) is 4. The number of aromatic nitrogens is 2. The first kappa shape index (κ1) is 23.1. The molecule has 1 aliphatic carbocycles. The lowest BCUT2D eigenvalue weighted by Crippen LogP contribution is -2.47. The van der Waals surface area contributed by atoms with Gasteiger partial charge in [0.15, 0.2) is 0 Å². The molecule has 6 nitrogen and oxygen atoms in total. The second-order valence-corrected chi connectivity index (χ2v) is 9.63. The number of benzene rings is 1. The van der Waals surface area contributed by atoms with Crippen LogP contribution in [0.2, 0.25) is 5.02 Å². The summed E-state index contributed by atoms with van der Waals surface area (Å²) in [5, 5.41) is 3.92. The van der Waals surface area contributed by atoms with Gasteiger partial charge in [0.1, 0.15) is 11.5 Å². The van der Waals surface area contributed by atoms with Gasteiger partial charge in [-0.2, -0.15) is 0 Å². The highest BCUT2D eigenvalue weighted by atomic mass is 35.5. The topological polar surface area (TPSA) is 53.4 Å². The minimum Gasteiger partial charge on any atom is -0.369 e. The van der Waals surface area contributed by atoms with Gasteiger partial charge in [-0.25, -0.2) is 4.98 Å². The zero-order chi connectivity index (χ0) is 22.7. The second-order valence-electron chi connectivity index (χ2n) is 9.22. The summed E-state index contributed by atoms with van der Waals surface area (Å²) in [6.07, 6.45) is 5.89. The van der Waals surface area contributed by atoms with E-state index in [4.69, 9.17) is 11.6 Å². The van der Waals surface area contributed by atoms with Crippen LogP contribution < -0.4 is 10.2 Å². The summed E-state index contributed by atoms with van der Waals surface area (Å²) >= 11 is 6.29. The van der Waals surface area contributed by atoms with E-state index in [1.807, 2.05) is 26.0 Å². The van der Waals surface area contributed by atoms with E-state index in [0.717, 1.165) is 61.2 Å². The molecule has 4 rings (SSSR count). The van der Waals surface area contributed by atoms with Gasteiger partial charge < -0.3 is 14.8 Å². The number of aryl methyl sites for hydroxylation is 1. The van der Waals surface area contributed by atoms with Crippen LogP contribution in [0.4, 0.5) is 5.69 Å². The smallest absolute Gasteiger partial charge is 0.271 e. The molecule has 0 radical (unpaired) electrons. The number of nitrogens with one attached hydrogen (secondary N) is 1. The molecule has 2 heterocycles. The van der Waals surface area contributed by atoms with Crippen LogP contribution in [0.15, 0.2) is 18.2 Å². The van der Waals surface area contributed by atoms with Crippen molar-refractivity contribution in [3.63, 3.8) is 0 Å². The first-order valence-electron chi connectivity index (χ1n) is 12.0. The third-order valence-corrected chi connectivity index (χ3v) is 7.53. The Hall–Kier alpha value is -2.05. The lowest BCUT2D eigenvalue weighted by molar-refractivity contribution is 0.0946. The highest BCUT2D eigenvalue weighted by Gasteiger charge is 2.25. The number of halogens is 1. The van der Waals surface area contributed by atoms with E-state index in [1.54, 1.807) is 0 Å². The van der Waals surface area contributed by atoms with Crippen LogP contribution in [0.25, 0.3) is 0 Å². The second kappa shape index (κ2) is 10.3. The third-order valence-electron chi connectivity index (χ3n) is 7.12. The summed E-state index contributed by atoms with van der Waals surface area (Å²) < 4.78 is 2.28. The largest absolute Gasteiger partial charge is 0.369 e. The van der Waals surface area contributed by atoms with Crippen LogP contribution in [-0.2, 0) is 0 Å². The first-order valence-corrected chi connectivity index (χ1v) is 12.4. The van der Waals surface area contributed by atoms with Gasteiger partial charge in [-0.3, -0.25) is 9.69 Å². The molecule has 0 atom stereocenters. The molecule has 1 N–H and O–H groups in total. The molecule has 2 fully saturated rings. The van der Waals surface area contributed by atoms with Gasteiger partial charge in [0, 0.05) is 55.2 Å². The standard InChI is InChI=1S/C25H36ClN5O/c1-18-22(26)10-6-11-23(18)30-16-14-29(15-17-30)13-7-12-27-25(32)24-19(2)31(20(3)28-24)21-8-4-5-9-21/h6,10-11,21H,4-5,7-9,12-17H2,1-3H3,(H,27,32). The zero-order valence-corrected chi connectivity index (χ0v) is 20.4. The van der Waals surface area contributed by atoms with Gasteiger partial charge in [0.2, 0.25) is 0 Å². The average molecular weight is 458 g/mol. The number of anilines is 1. The monoisotopic (exact) mass is 457 g/mol. The van der Waals surface area contributed by atoms with E-state index in [2.05, 4.69) is 37.7 Å². The van der Waals surface area contributed by atoms with Crippen molar-refractivity contribution in [3.8, 4) is 0 Å². The summed E-state index contributed by atoms with van der Waals surface area (Å²) in [5.41, 5.74) is 4.01. The van der Waals surface area contributed by atoms with E-state index in [1.165, 1.54) is 31.4 Å². The van der Waals surface area contributed by atoms with Crippen LogP contribution in [0.1, 0.15) is 65.7 Å². The summed E-state index contributed by atoms with van der Waals surface area (Å²) in [4.78, 5) is 22.2. The summed E-state index contributed by atoms with van der Waals surface area (Å²) in [6.45, 7) is 11.9. The Morgan fingerprint density at radius 1 is 1.12 bits per heavy atom. The predicted octanol–water partition coefficient (Wildman–Crippen LogP) is 4.52. The number of nitrogens with zero attached hydrogens (tertiary/aromatic N) is 4. The molecule has 1 saturated heterocycles. The Morgan fingerprint density at radius 2 is 1.84 bits per heavy atom. The van der Waals surface area contributed by atoms with Gasteiger partial charge in [-0.05, 0) is 64.3 Å². The van der Waals surface area contributed by atoms with E-state index in [0.29, 0.717) is 18.3 Å². The number of carbonyl (C=O) groups excluding carboxylic acids is 1. The lowest BCUT2D eigenvalue weighted by atomic mass is 10.1. The number of piperazine rings is 1. The van der Waals surface area contributed by atoms with E-state index < -0.39 is 0 Å². The van der Waals surface area contributed by atoms with Crippen molar-refractivity contribution in [3.05, 3.63) is 46.0 Å². The number of amides is 1. The van der Waals surface area contributed by atoms with E-state index >= 15 is 0 Å². The molecule has 0 spiro atoms. The van der Waals surface area contributed by atoms with Gasteiger partial charge in [-0.15, -0.1) is 0 Å². The van der Waals surface area contributed by atoms with Crippen LogP contribution in [0.5, 0.6) is 0 Å². The molecule has 0 bridgehead atoms. The molecule has 1 aliphatic heterocycles. The maximum atomic E-state index is 12.7. The van der Waals surface area contributed by atoms with Crippen molar-refractivity contribution in [1.29, 1.82) is 0 Å². The molecular weight excluding hydrogens is 422 g/mol. The normalized spacial score (nSPS) is 17.8. The minimum absolute atomic E-state index is 0.0383. The highest BCUT2D eigenvalue weighted by molar-refractivity contribution is 6.31. The van der Waals surface area contributed by atoms with Crippen LogP contribution in [0.3, 0.4) is 0 Å². The van der Waals surface area contributed by atoms with Crippen LogP contribution in [0, 0.1) is 20.8 Å². The number of carbonyl (C=O) groups is 1. The maximum Gasteiger partial charge on any atom is 0.271 e. The molecular formula is C25H36ClN5O. The fraction of sp³-hybridized carbons (Fsp3) is 0.600. The summed E-state index contributed by atoms with van der Waals surface area (Å²) in [6, 6.07) is 6.65. The van der Waals surface area contributed by atoms with Crippen LogP contribution in [-0.4, -0.2) is 59.6 Å². The molecule has 32 heavy (non-hydrogen) atoms. The Morgan fingerprint density at radius 3 is 2.56 bits per heavy atom.